The molecule has 0 aromatic heterocycles. The molecule has 0 aliphatic carbocycles. The first-order valence-electron chi connectivity index (χ1n) is 4.69. The fourth-order valence-corrected chi connectivity index (χ4v) is 1.37. The molecule has 0 amide bonds. The quantitative estimate of drug-likeness (QED) is 0.591. The predicted molar refractivity (Wildman–Crippen MR) is 53.4 cm³/mol. The molecule has 2 atom stereocenters. The van der Waals surface area contributed by atoms with Gasteiger partial charge in [0.2, 0.25) is 0 Å². The van der Waals surface area contributed by atoms with Gasteiger partial charge < -0.3 is 10.1 Å². The molecule has 0 aliphatic heterocycles. The Bertz CT molecular complexity index is 114. The second-order valence-electron chi connectivity index (χ2n) is 2.82. The third-order valence-corrected chi connectivity index (χ3v) is 2.02. The molecule has 0 fully saturated rings. The van der Waals surface area contributed by atoms with Gasteiger partial charge in [0, 0.05) is 12.6 Å². The van der Waals surface area contributed by atoms with Crippen LogP contribution in [0.1, 0.15) is 26.7 Å². The molecular weight excluding hydrogens is 150 g/mol. The average Bonchev–Trinajstić information content (AvgIpc) is 2.11. The van der Waals surface area contributed by atoms with Crippen molar-refractivity contribution >= 4 is 0 Å². The predicted octanol–water partition coefficient (Wildman–Crippen LogP) is 1.97. The summed E-state index contributed by atoms with van der Waals surface area (Å²) in [6.07, 6.45) is 4.27. The van der Waals surface area contributed by atoms with Crippen LogP contribution in [0.4, 0.5) is 0 Å². The summed E-state index contributed by atoms with van der Waals surface area (Å²) in [4.78, 5) is 0. The largest absolute Gasteiger partial charge is 0.377 e. The van der Waals surface area contributed by atoms with E-state index in [2.05, 4.69) is 18.8 Å². The van der Waals surface area contributed by atoms with Crippen LogP contribution in [0.25, 0.3) is 0 Å². The summed E-state index contributed by atoms with van der Waals surface area (Å²) in [6, 6.07) is 0.410. The van der Waals surface area contributed by atoms with Crippen LogP contribution in [0, 0.1) is 0 Å². The Balaban J connectivity index is 3.92. The summed E-state index contributed by atoms with van der Waals surface area (Å²) in [5, 5.41) is 3.24. The fourth-order valence-electron chi connectivity index (χ4n) is 1.37. The monoisotopic (exact) mass is 171 g/mol. The van der Waals surface area contributed by atoms with Crippen molar-refractivity contribution in [2.24, 2.45) is 0 Å². The minimum atomic E-state index is 0.318. The number of nitrogens with one attached hydrogen (secondary N) is 1. The molecule has 0 aromatic rings. The molecule has 0 spiro atoms. The van der Waals surface area contributed by atoms with Crippen LogP contribution in [0.2, 0.25) is 0 Å². The highest BCUT2D eigenvalue weighted by atomic mass is 16.5. The maximum atomic E-state index is 5.59. The highest BCUT2D eigenvalue weighted by molar-refractivity contribution is 4.82. The second-order valence-corrected chi connectivity index (χ2v) is 2.82. The van der Waals surface area contributed by atoms with Crippen molar-refractivity contribution in [1.82, 2.24) is 5.32 Å². The third-order valence-electron chi connectivity index (χ3n) is 2.02. The maximum absolute atomic E-state index is 5.59. The maximum Gasteiger partial charge on any atom is 0.0728 e. The second kappa shape index (κ2) is 7.32. The summed E-state index contributed by atoms with van der Waals surface area (Å²) < 4.78 is 5.59. The van der Waals surface area contributed by atoms with Gasteiger partial charge in [0.05, 0.1) is 6.10 Å². The number of rotatable bonds is 7. The molecular formula is C10H21NO. The van der Waals surface area contributed by atoms with E-state index < -0.39 is 0 Å². The van der Waals surface area contributed by atoms with Crippen molar-refractivity contribution < 1.29 is 4.74 Å². The average molecular weight is 171 g/mol. The van der Waals surface area contributed by atoms with Crippen LogP contribution in [-0.4, -0.2) is 25.8 Å². The van der Waals surface area contributed by atoms with Crippen molar-refractivity contribution in [3.05, 3.63) is 12.7 Å². The van der Waals surface area contributed by atoms with Crippen LogP contribution in [0.15, 0.2) is 12.7 Å². The Hall–Kier alpha value is -0.340. The molecule has 0 aromatic carbocycles. The summed E-state index contributed by atoms with van der Waals surface area (Å²) in [5.41, 5.74) is 0. The van der Waals surface area contributed by atoms with E-state index >= 15 is 0 Å². The lowest BCUT2D eigenvalue weighted by molar-refractivity contribution is 0.0346. The minimum absolute atomic E-state index is 0.318. The molecule has 2 unspecified atom stereocenters. The fraction of sp³-hybridized carbons (Fsp3) is 0.800. The molecule has 12 heavy (non-hydrogen) atoms. The van der Waals surface area contributed by atoms with Gasteiger partial charge in [-0.2, -0.15) is 0 Å². The molecule has 0 saturated carbocycles. The van der Waals surface area contributed by atoms with Gasteiger partial charge in [-0.15, -0.1) is 6.58 Å². The smallest absolute Gasteiger partial charge is 0.0728 e. The van der Waals surface area contributed by atoms with Crippen molar-refractivity contribution in [1.29, 1.82) is 0 Å². The van der Waals surface area contributed by atoms with Crippen LogP contribution in [-0.2, 0) is 4.74 Å². The number of likely N-dealkylation sites (N-methyl/N-ethyl adjacent to an activating group) is 1. The van der Waals surface area contributed by atoms with Gasteiger partial charge in [-0.25, -0.2) is 0 Å². The molecule has 72 valence electrons. The first-order valence-corrected chi connectivity index (χ1v) is 4.69. The number of hydrogen-bond acceptors (Lipinski definition) is 2. The summed E-state index contributed by atoms with van der Waals surface area (Å²) in [6.45, 7) is 8.69. The van der Waals surface area contributed by atoms with E-state index in [1.807, 2.05) is 20.0 Å². The molecule has 0 bridgehead atoms. The van der Waals surface area contributed by atoms with Crippen molar-refractivity contribution in [2.45, 2.75) is 38.8 Å². The van der Waals surface area contributed by atoms with Crippen LogP contribution < -0.4 is 5.32 Å². The van der Waals surface area contributed by atoms with Crippen LogP contribution in [0.3, 0.4) is 0 Å². The Morgan fingerprint density at radius 1 is 1.50 bits per heavy atom. The third kappa shape index (κ3) is 3.88. The lowest BCUT2D eigenvalue weighted by Crippen LogP contribution is -2.38. The molecule has 0 heterocycles. The standard InChI is InChI=1S/C10H21NO/c1-5-8-9(11-4)10(6-2)12-7-3/h5,9-11H,1,6-8H2,2-4H3. The summed E-state index contributed by atoms with van der Waals surface area (Å²) >= 11 is 0. The normalized spacial score (nSPS) is 15.6. The van der Waals surface area contributed by atoms with Gasteiger partial charge in [-0.05, 0) is 26.8 Å². The molecule has 0 saturated heterocycles. The summed E-state index contributed by atoms with van der Waals surface area (Å²) in [5.74, 6) is 0. The lowest BCUT2D eigenvalue weighted by Gasteiger charge is -2.24. The molecule has 1 N–H and O–H groups in total. The van der Waals surface area contributed by atoms with Gasteiger partial charge in [0.15, 0.2) is 0 Å². The van der Waals surface area contributed by atoms with E-state index in [0.29, 0.717) is 12.1 Å². The SMILES string of the molecule is C=CCC(NC)C(CC)OCC. The minimum Gasteiger partial charge on any atom is -0.377 e. The molecule has 2 heteroatoms. The Morgan fingerprint density at radius 2 is 2.17 bits per heavy atom. The zero-order chi connectivity index (χ0) is 9.40. The summed E-state index contributed by atoms with van der Waals surface area (Å²) in [7, 11) is 1.97. The first kappa shape index (κ1) is 11.7. The van der Waals surface area contributed by atoms with Crippen molar-refractivity contribution in [2.75, 3.05) is 13.7 Å². The number of ether oxygens (including phenoxy) is 1. The van der Waals surface area contributed by atoms with Gasteiger partial charge in [0.25, 0.3) is 0 Å². The topological polar surface area (TPSA) is 21.3 Å². The molecule has 0 radical (unpaired) electrons. The zero-order valence-corrected chi connectivity index (χ0v) is 8.47. The Morgan fingerprint density at radius 3 is 2.50 bits per heavy atom. The van der Waals surface area contributed by atoms with Gasteiger partial charge in [-0.3, -0.25) is 0 Å². The molecule has 0 rings (SSSR count). The van der Waals surface area contributed by atoms with E-state index in [0.717, 1.165) is 19.4 Å². The van der Waals surface area contributed by atoms with Crippen molar-refractivity contribution in [3.63, 3.8) is 0 Å². The first-order chi connectivity index (χ1) is 5.79. The van der Waals surface area contributed by atoms with E-state index in [1.165, 1.54) is 0 Å². The zero-order valence-electron chi connectivity index (χ0n) is 8.47. The van der Waals surface area contributed by atoms with Gasteiger partial charge in [0.1, 0.15) is 0 Å². The number of hydrogen-bond donors (Lipinski definition) is 1. The van der Waals surface area contributed by atoms with E-state index in [-0.39, 0.29) is 0 Å². The van der Waals surface area contributed by atoms with E-state index in [9.17, 15) is 0 Å². The Labute approximate surface area is 76.0 Å². The highest BCUT2D eigenvalue weighted by Gasteiger charge is 2.16. The van der Waals surface area contributed by atoms with Crippen molar-refractivity contribution in [3.8, 4) is 0 Å². The lowest BCUT2D eigenvalue weighted by atomic mass is 10.1. The highest BCUT2D eigenvalue weighted by Crippen LogP contribution is 2.07. The van der Waals surface area contributed by atoms with Crippen LogP contribution >= 0.6 is 0 Å². The van der Waals surface area contributed by atoms with E-state index in [4.69, 9.17) is 4.74 Å². The van der Waals surface area contributed by atoms with Gasteiger partial charge in [-0.1, -0.05) is 13.0 Å². The van der Waals surface area contributed by atoms with Gasteiger partial charge >= 0.3 is 0 Å². The van der Waals surface area contributed by atoms with Crippen LogP contribution in [0.5, 0.6) is 0 Å². The van der Waals surface area contributed by atoms with E-state index in [1.54, 1.807) is 0 Å². The molecule has 0 aliphatic rings. The Kier molecular flexibility index (Phi) is 7.11. The molecule has 2 nitrogen and oxygen atoms in total.